The molecule has 0 amide bonds. The van der Waals surface area contributed by atoms with Crippen molar-refractivity contribution >= 4 is 16.0 Å². The summed E-state index contributed by atoms with van der Waals surface area (Å²) in [5.41, 5.74) is 0.597. The van der Waals surface area contributed by atoms with Gasteiger partial charge in [-0.15, -0.1) is 0 Å². The third-order valence-corrected chi connectivity index (χ3v) is 5.59. The number of carbonyl (C=O) groups is 1. The summed E-state index contributed by atoms with van der Waals surface area (Å²) in [6.07, 6.45) is 3.64. The van der Waals surface area contributed by atoms with E-state index in [1.807, 2.05) is 24.3 Å². The molecule has 0 saturated heterocycles. The van der Waals surface area contributed by atoms with Gasteiger partial charge >= 0.3 is 5.97 Å². The first kappa shape index (κ1) is 21.8. The molecule has 2 N–H and O–H groups in total. The second kappa shape index (κ2) is 10.2. The molecule has 0 radical (unpaired) electrons. The highest BCUT2D eigenvalue weighted by atomic mass is 32.2. The predicted octanol–water partition coefficient (Wildman–Crippen LogP) is 3.61. The predicted molar refractivity (Wildman–Crippen MR) is 104 cm³/mol. The Hall–Kier alpha value is -2.45. The Morgan fingerprint density at radius 2 is 1.86 bits per heavy atom. The van der Waals surface area contributed by atoms with Crippen molar-refractivity contribution < 1.29 is 27.4 Å². The highest BCUT2D eigenvalue weighted by Gasteiger charge is 2.20. The van der Waals surface area contributed by atoms with Gasteiger partial charge < -0.3 is 9.84 Å². The molecule has 2 rings (SSSR count). The fourth-order valence-corrected chi connectivity index (χ4v) is 3.68. The Morgan fingerprint density at radius 3 is 2.50 bits per heavy atom. The Morgan fingerprint density at radius 1 is 1.14 bits per heavy atom. The van der Waals surface area contributed by atoms with E-state index in [1.54, 1.807) is 0 Å². The number of hydrogen-bond donors (Lipinski definition) is 2. The van der Waals surface area contributed by atoms with Crippen LogP contribution in [0.25, 0.3) is 0 Å². The van der Waals surface area contributed by atoms with E-state index in [4.69, 9.17) is 9.84 Å². The van der Waals surface area contributed by atoms with Gasteiger partial charge in [0.1, 0.15) is 16.5 Å². The molecule has 28 heavy (non-hydrogen) atoms. The third-order valence-electron chi connectivity index (χ3n) is 4.11. The molecule has 0 aliphatic rings. The van der Waals surface area contributed by atoms with Crippen LogP contribution in [0.3, 0.4) is 0 Å². The number of sulfonamides is 1. The summed E-state index contributed by atoms with van der Waals surface area (Å²) in [7, 11) is -4.16. The number of ether oxygens (including phenoxy) is 1. The van der Waals surface area contributed by atoms with Crippen LogP contribution in [0, 0.1) is 5.82 Å². The molecule has 0 spiro atoms. The molecule has 0 saturated carbocycles. The molecule has 0 aliphatic carbocycles. The Labute approximate surface area is 164 Å². The van der Waals surface area contributed by atoms with Crippen molar-refractivity contribution in [1.29, 1.82) is 0 Å². The number of unbranched alkanes of at least 4 members (excludes halogenated alkanes) is 2. The molecule has 0 bridgehead atoms. The summed E-state index contributed by atoms with van der Waals surface area (Å²) in [5.74, 6) is -1.57. The van der Waals surface area contributed by atoms with Gasteiger partial charge in [-0.05, 0) is 48.7 Å². The number of hydrogen-bond acceptors (Lipinski definition) is 4. The van der Waals surface area contributed by atoms with Gasteiger partial charge in [0, 0.05) is 6.54 Å². The quantitative estimate of drug-likeness (QED) is 0.553. The van der Waals surface area contributed by atoms with Gasteiger partial charge in [-0.1, -0.05) is 31.9 Å². The molecule has 8 heteroatoms. The summed E-state index contributed by atoms with van der Waals surface area (Å²) in [6, 6.07) is 9.99. The standard InChI is InChI=1S/C20H24FNO5S/c1-2-3-4-13-27-17-8-5-15(6-9-17)11-12-22-28(25,26)19-14-16(20(23)24)7-10-18(19)21/h5-10,14,22H,2-4,11-13H2,1H3,(H,23,24). The van der Waals surface area contributed by atoms with Gasteiger partial charge in [-0.2, -0.15) is 0 Å². The van der Waals surface area contributed by atoms with E-state index < -0.39 is 26.7 Å². The molecule has 0 heterocycles. The minimum absolute atomic E-state index is 0.0514. The van der Waals surface area contributed by atoms with E-state index in [9.17, 15) is 17.6 Å². The Balaban J connectivity index is 1.92. The zero-order valence-corrected chi connectivity index (χ0v) is 16.5. The van der Waals surface area contributed by atoms with Crippen LogP contribution in [0.5, 0.6) is 5.75 Å². The number of benzene rings is 2. The Bertz CT molecular complexity index is 897. The highest BCUT2D eigenvalue weighted by molar-refractivity contribution is 7.89. The lowest BCUT2D eigenvalue weighted by atomic mass is 10.1. The van der Waals surface area contributed by atoms with Crippen molar-refractivity contribution in [3.63, 3.8) is 0 Å². The molecule has 2 aromatic rings. The number of halogens is 1. The number of carboxylic acid groups (broad SMARTS) is 1. The topological polar surface area (TPSA) is 92.7 Å². The fraction of sp³-hybridized carbons (Fsp3) is 0.350. The van der Waals surface area contributed by atoms with Crippen molar-refractivity contribution in [3.05, 3.63) is 59.4 Å². The maximum atomic E-state index is 13.8. The summed E-state index contributed by atoms with van der Waals surface area (Å²) in [5, 5.41) is 8.95. The lowest BCUT2D eigenvalue weighted by molar-refractivity contribution is 0.0696. The molecule has 0 fully saturated rings. The van der Waals surface area contributed by atoms with Gasteiger partial charge in [0.05, 0.1) is 12.2 Å². The first-order valence-electron chi connectivity index (χ1n) is 9.07. The molecular formula is C20H24FNO5S. The zero-order valence-electron chi connectivity index (χ0n) is 15.7. The summed E-state index contributed by atoms with van der Waals surface area (Å²) in [6.45, 7) is 2.84. The number of rotatable bonds is 11. The summed E-state index contributed by atoms with van der Waals surface area (Å²) >= 11 is 0. The highest BCUT2D eigenvalue weighted by Crippen LogP contribution is 2.17. The number of nitrogens with one attached hydrogen (secondary N) is 1. The van der Waals surface area contributed by atoms with Crippen molar-refractivity contribution in [3.8, 4) is 5.75 Å². The monoisotopic (exact) mass is 409 g/mol. The first-order chi connectivity index (χ1) is 13.3. The van der Waals surface area contributed by atoms with E-state index in [0.717, 1.165) is 48.8 Å². The van der Waals surface area contributed by atoms with Crippen LogP contribution in [0.2, 0.25) is 0 Å². The molecular weight excluding hydrogens is 385 g/mol. The molecule has 6 nitrogen and oxygen atoms in total. The van der Waals surface area contributed by atoms with Crippen LogP contribution in [0.4, 0.5) is 4.39 Å². The minimum Gasteiger partial charge on any atom is -0.494 e. The van der Waals surface area contributed by atoms with Gasteiger partial charge in [-0.3, -0.25) is 0 Å². The lowest BCUT2D eigenvalue weighted by Crippen LogP contribution is -2.27. The van der Waals surface area contributed by atoms with Crippen LogP contribution in [0.15, 0.2) is 47.4 Å². The molecule has 0 atom stereocenters. The van der Waals surface area contributed by atoms with E-state index in [-0.39, 0.29) is 12.1 Å². The van der Waals surface area contributed by atoms with Crippen molar-refractivity contribution in [2.24, 2.45) is 0 Å². The smallest absolute Gasteiger partial charge is 0.335 e. The molecule has 0 aromatic heterocycles. The molecule has 152 valence electrons. The summed E-state index contributed by atoms with van der Waals surface area (Å²) in [4.78, 5) is 10.3. The van der Waals surface area contributed by atoms with Gasteiger partial charge in [0.2, 0.25) is 10.0 Å². The summed E-state index contributed by atoms with van der Waals surface area (Å²) < 4.78 is 46.3. The number of carboxylic acids is 1. The minimum atomic E-state index is -4.16. The van der Waals surface area contributed by atoms with Crippen LogP contribution in [-0.4, -0.2) is 32.6 Å². The van der Waals surface area contributed by atoms with Crippen molar-refractivity contribution in [1.82, 2.24) is 4.72 Å². The molecule has 0 unspecified atom stereocenters. The van der Waals surface area contributed by atoms with E-state index >= 15 is 0 Å². The van der Waals surface area contributed by atoms with Crippen LogP contribution >= 0.6 is 0 Å². The van der Waals surface area contributed by atoms with E-state index in [2.05, 4.69) is 11.6 Å². The van der Waals surface area contributed by atoms with Crippen molar-refractivity contribution in [2.75, 3.05) is 13.2 Å². The third kappa shape index (κ3) is 6.31. The largest absolute Gasteiger partial charge is 0.494 e. The van der Waals surface area contributed by atoms with Crippen LogP contribution in [-0.2, 0) is 16.4 Å². The zero-order chi connectivity index (χ0) is 20.6. The fourth-order valence-electron chi connectivity index (χ4n) is 2.54. The normalized spacial score (nSPS) is 11.4. The number of aromatic carboxylic acids is 1. The van der Waals surface area contributed by atoms with Gasteiger partial charge in [0.25, 0.3) is 0 Å². The average molecular weight is 409 g/mol. The Kier molecular flexibility index (Phi) is 7.95. The van der Waals surface area contributed by atoms with E-state index in [0.29, 0.717) is 13.0 Å². The maximum Gasteiger partial charge on any atom is 0.335 e. The molecule has 0 aliphatic heterocycles. The maximum absolute atomic E-state index is 13.8. The van der Waals surface area contributed by atoms with Gasteiger partial charge in [0.15, 0.2) is 0 Å². The average Bonchev–Trinajstić information content (AvgIpc) is 2.66. The SMILES string of the molecule is CCCCCOc1ccc(CCNS(=O)(=O)c2cc(C(=O)O)ccc2F)cc1. The van der Waals surface area contributed by atoms with Gasteiger partial charge in [-0.25, -0.2) is 22.3 Å². The lowest BCUT2D eigenvalue weighted by Gasteiger charge is -2.09. The second-order valence-electron chi connectivity index (χ2n) is 6.30. The first-order valence-corrected chi connectivity index (χ1v) is 10.6. The van der Waals surface area contributed by atoms with Crippen LogP contribution < -0.4 is 9.46 Å². The molecule has 2 aromatic carbocycles. The van der Waals surface area contributed by atoms with Crippen LogP contribution in [0.1, 0.15) is 42.1 Å². The van der Waals surface area contributed by atoms with Crippen molar-refractivity contribution in [2.45, 2.75) is 37.5 Å². The van der Waals surface area contributed by atoms with E-state index in [1.165, 1.54) is 0 Å². The second-order valence-corrected chi connectivity index (χ2v) is 8.03.